The first-order valence-electron chi connectivity index (χ1n) is 13.0. The van der Waals surface area contributed by atoms with Crippen LogP contribution in [0.25, 0.3) is 0 Å². The van der Waals surface area contributed by atoms with Gasteiger partial charge in [0.2, 0.25) is 23.6 Å². The molecule has 1 aromatic heterocycles. The zero-order valence-electron chi connectivity index (χ0n) is 22.3. The number of carbonyl (C=O) groups excluding carboxylic acids is 1. The van der Waals surface area contributed by atoms with Crippen molar-refractivity contribution in [1.29, 1.82) is 0 Å². The third-order valence-corrected chi connectivity index (χ3v) is 7.66. The number of methoxy groups -OCH3 is 2. The van der Waals surface area contributed by atoms with E-state index in [1.165, 1.54) is 14.2 Å². The summed E-state index contributed by atoms with van der Waals surface area (Å²) in [6.45, 7) is 6.06. The minimum atomic E-state index is -1.01. The number of likely N-dealkylation sites (tertiary alicyclic amines) is 1. The fourth-order valence-corrected chi connectivity index (χ4v) is 6.04. The van der Waals surface area contributed by atoms with Crippen molar-refractivity contribution >= 4 is 17.8 Å². The van der Waals surface area contributed by atoms with E-state index in [2.05, 4.69) is 15.3 Å². The monoisotopic (exact) mass is 510 g/mol. The number of anilines is 1. The summed E-state index contributed by atoms with van der Waals surface area (Å²) in [7, 11) is 3.02. The number of hydrogen-bond acceptors (Lipinski definition) is 7. The van der Waals surface area contributed by atoms with Crippen LogP contribution in [0.4, 0.5) is 5.95 Å². The molecule has 4 atom stereocenters. The lowest BCUT2D eigenvalue weighted by Gasteiger charge is -2.35. The van der Waals surface area contributed by atoms with Crippen LogP contribution in [-0.2, 0) is 9.59 Å². The largest absolute Gasteiger partial charge is 0.481 e. The first-order chi connectivity index (χ1) is 17.7. The maximum Gasteiger partial charge on any atom is 0.326 e. The zero-order valence-corrected chi connectivity index (χ0v) is 22.3. The maximum atomic E-state index is 14.1. The number of aromatic nitrogens is 2. The van der Waals surface area contributed by atoms with E-state index >= 15 is 0 Å². The second-order valence-corrected chi connectivity index (χ2v) is 11.1. The molecular formula is C28H38N4O5. The third-order valence-electron chi connectivity index (χ3n) is 7.66. The van der Waals surface area contributed by atoms with Gasteiger partial charge in [0.25, 0.3) is 0 Å². The van der Waals surface area contributed by atoms with E-state index in [9.17, 15) is 14.7 Å². The number of amides is 1. The second kappa shape index (κ2) is 10.9. The van der Waals surface area contributed by atoms with Crippen molar-refractivity contribution in [1.82, 2.24) is 14.9 Å². The Hall–Kier alpha value is -3.36. The van der Waals surface area contributed by atoms with E-state index in [1.807, 2.05) is 51.1 Å². The molecule has 0 bridgehead atoms. The molecule has 9 heteroatoms. The van der Waals surface area contributed by atoms with Gasteiger partial charge in [-0.1, -0.05) is 70.4 Å². The summed E-state index contributed by atoms with van der Waals surface area (Å²) in [5, 5.41) is 14.0. The minimum absolute atomic E-state index is 0.0800. The molecule has 1 amide bonds. The number of benzene rings is 1. The van der Waals surface area contributed by atoms with Crippen LogP contribution in [-0.4, -0.2) is 58.2 Å². The van der Waals surface area contributed by atoms with Crippen LogP contribution < -0.4 is 14.8 Å². The van der Waals surface area contributed by atoms with E-state index < -0.39 is 35.4 Å². The summed E-state index contributed by atoms with van der Waals surface area (Å²) in [6.07, 6.45) is 4.66. The van der Waals surface area contributed by atoms with Crippen molar-refractivity contribution in [2.45, 2.75) is 71.0 Å². The summed E-state index contributed by atoms with van der Waals surface area (Å²) in [4.78, 5) is 37.6. The number of carbonyl (C=O) groups is 2. The Labute approximate surface area is 218 Å². The molecule has 0 spiro atoms. The molecule has 2 fully saturated rings. The van der Waals surface area contributed by atoms with Crippen LogP contribution >= 0.6 is 0 Å². The Bertz CT molecular complexity index is 1080. The summed E-state index contributed by atoms with van der Waals surface area (Å²) in [5.41, 5.74) is 0.412. The smallest absolute Gasteiger partial charge is 0.326 e. The molecule has 0 radical (unpaired) electrons. The predicted molar refractivity (Wildman–Crippen MR) is 140 cm³/mol. The van der Waals surface area contributed by atoms with Gasteiger partial charge >= 0.3 is 5.97 Å². The first-order valence-corrected chi connectivity index (χ1v) is 13.0. The molecule has 1 aliphatic heterocycles. The number of nitrogens with zero attached hydrogens (tertiary/aromatic N) is 3. The Morgan fingerprint density at radius 1 is 1.00 bits per heavy atom. The van der Waals surface area contributed by atoms with E-state index in [0.29, 0.717) is 11.8 Å². The number of aliphatic carboxylic acids is 1. The molecule has 9 nitrogen and oxygen atoms in total. The van der Waals surface area contributed by atoms with Gasteiger partial charge in [-0.15, -0.1) is 0 Å². The van der Waals surface area contributed by atoms with E-state index in [0.717, 1.165) is 37.7 Å². The zero-order chi connectivity index (χ0) is 26.7. The Morgan fingerprint density at radius 3 is 2.11 bits per heavy atom. The van der Waals surface area contributed by atoms with Gasteiger partial charge in [0.15, 0.2) is 0 Å². The van der Waals surface area contributed by atoms with Crippen molar-refractivity contribution < 1.29 is 24.2 Å². The molecule has 1 saturated carbocycles. The third kappa shape index (κ3) is 5.50. The first kappa shape index (κ1) is 26.7. The van der Waals surface area contributed by atoms with Gasteiger partial charge in [0, 0.05) is 11.8 Å². The molecule has 1 aromatic carbocycles. The lowest BCUT2D eigenvalue weighted by Crippen LogP contribution is -2.49. The predicted octanol–water partition coefficient (Wildman–Crippen LogP) is 4.55. The molecule has 2 aromatic rings. The van der Waals surface area contributed by atoms with E-state index in [1.54, 1.807) is 11.0 Å². The van der Waals surface area contributed by atoms with E-state index in [4.69, 9.17) is 9.47 Å². The topological polar surface area (TPSA) is 114 Å². The molecule has 1 saturated heterocycles. The second-order valence-electron chi connectivity index (χ2n) is 11.1. The Balaban J connectivity index is 1.87. The number of carboxylic acid groups (broad SMARTS) is 1. The van der Waals surface area contributed by atoms with Crippen LogP contribution in [0.3, 0.4) is 0 Å². The molecule has 1 aliphatic carbocycles. The van der Waals surface area contributed by atoms with Crippen molar-refractivity contribution in [3.63, 3.8) is 0 Å². The molecule has 2 N–H and O–H groups in total. The number of rotatable bonds is 7. The van der Waals surface area contributed by atoms with Gasteiger partial charge in [-0.3, -0.25) is 4.79 Å². The van der Waals surface area contributed by atoms with Crippen LogP contribution in [0.15, 0.2) is 36.4 Å². The molecule has 2 aliphatic rings. The van der Waals surface area contributed by atoms with Gasteiger partial charge in [0.1, 0.15) is 6.04 Å². The van der Waals surface area contributed by atoms with Crippen LogP contribution in [0.1, 0.15) is 64.5 Å². The SMILES string of the molecule is COc1cc(OC)nc(N[C@@H]2[C@@H](C(C)(C)C)[C@H](C(=O)O)N(C(=O)C3CCCCC3)[C@@H]2c2ccccc2)n1. The highest BCUT2D eigenvalue weighted by Gasteiger charge is 2.58. The van der Waals surface area contributed by atoms with Gasteiger partial charge < -0.3 is 24.8 Å². The number of hydrogen-bond donors (Lipinski definition) is 2. The fraction of sp³-hybridized carbons (Fsp3) is 0.571. The molecule has 200 valence electrons. The average Bonchev–Trinajstić information content (AvgIpc) is 3.24. The fourth-order valence-electron chi connectivity index (χ4n) is 6.04. The molecule has 4 rings (SSSR count). The van der Waals surface area contributed by atoms with Crippen molar-refractivity contribution in [2.75, 3.05) is 19.5 Å². The summed E-state index contributed by atoms with van der Waals surface area (Å²) >= 11 is 0. The Kier molecular flexibility index (Phi) is 7.90. The molecule has 0 unspecified atom stereocenters. The standard InChI is InChI=1S/C28H38N4O5/c1-28(2,3)21-22(31-27-29-19(36-4)16-20(30-27)37-5)23(17-12-8-6-9-13-17)32(24(21)26(34)35)25(33)18-14-10-7-11-15-18/h6,8-9,12-13,16,18,21-24H,7,10-11,14-15H2,1-5H3,(H,34,35)(H,29,30,31)/t21-,22-,23-,24-/m1/s1. The summed E-state index contributed by atoms with van der Waals surface area (Å²) in [5.74, 6) is -0.797. The van der Waals surface area contributed by atoms with Crippen LogP contribution in [0, 0.1) is 17.3 Å². The van der Waals surface area contributed by atoms with Gasteiger partial charge in [-0.25, -0.2) is 4.79 Å². The van der Waals surface area contributed by atoms with Crippen LogP contribution in [0.5, 0.6) is 11.8 Å². The molecular weight excluding hydrogens is 472 g/mol. The highest BCUT2D eigenvalue weighted by atomic mass is 16.5. The van der Waals surface area contributed by atoms with Crippen molar-refractivity contribution in [3.05, 3.63) is 42.0 Å². The molecule has 37 heavy (non-hydrogen) atoms. The number of nitrogens with one attached hydrogen (secondary N) is 1. The number of carboxylic acids is 1. The summed E-state index contributed by atoms with van der Waals surface area (Å²) < 4.78 is 10.7. The normalized spacial score (nSPS) is 24.5. The lowest BCUT2D eigenvalue weighted by molar-refractivity contribution is -0.154. The maximum absolute atomic E-state index is 14.1. The van der Waals surface area contributed by atoms with E-state index in [-0.39, 0.29) is 17.8 Å². The highest BCUT2D eigenvalue weighted by Crippen LogP contribution is 2.50. The Morgan fingerprint density at radius 2 is 1.59 bits per heavy atom. The van der Waals surface area contributed by atoms with Crippen molar-refractivity contribution in [3.8, 4) is 11.8 Å². The van der Waals surface area contributed by atoms with Crippen molar-refractivity contribution in [2.24, 2.45) is 17.3 Å². The van der Waals surface area contributed by atoms with Gasteiger partial charge in [-0.2, -0.15) is 9.97 Å². The lowest BCUT2D eigenvalue weighted by atomic mass is 9.72. The van der Waals surface area contributed by atoms with Crippen LogP contribution in [0.2, 0.25) is 0 Å². The quantitative estimate of drug-likeness (QED) is 0.558. The minimum Gasteiger partial charge on any atom is -0.481 e. The average molecular weight is 511 g/mol. The number of ether oxygens (including phenoxy) is 2. The molecule has 2 heterocycles. The summed E-state index contributed by atoms with van der Waals surface area (Å²) in [6, 6.07) is 9.23. The highest BCUT2D eigenvalue weighted by molar-refractivity contribution is 5.87. The van der Waals surface area contributed by atoms with Gasteiger partial charge in [-0.05, 0) is 23.8 Å². The van der Waals surface area contributed by atoms with Gasteiger partial charge in [0.05, 0.1) is 32.4 Å².